The third-order valence-electron chi connectivity index (χ3n) is 0. The number of hydrogen-bond acceptors (Lipinski definition) is 4. The van der Waals surface area contributed by atoms with Crippen molar-refractivity contribution in [3.05, 3.63) is 21.6 Å². The standard InChI is InChI=1S/4CNS.Sn/c4*2-1-3;/q4*-1;+4. The van der Waals surface area contributed by atoms with E-state index in [2.05, 4.69) is 48.9 Å². The first-order chi connectivity index (χ1) is 5.66. The molecule has 0 amide bonds. The van der Waals surface area contributed by atoms with Crippen LogP contribution in [0.15, 0.2) is 0 Å². The Balaban J connectivity index is -0.0000000213. The molecule has 0 aromatic heterocycles. The Labute approximate surface area is 114 Å². The quantitative estimate of drug-likeness (QED) is 0.380. The van der Waals surface area contributed by atoms with Gasteiger partial charge in [0.1, 0.15) is 0 Å². The molecule has 13 heavy (non-hydrogen) atoms. The molecular weight excluding hydrogens is 351 g/mol. The molecule has 0 aliphatic carbocycles. The number of isothiocyanates is 4. The van der Waals surface area contributed by atoms with Crippen LogP contribution >= 0.6 is 48.9 Å². The summed E-state index contributed by atoms with van der Waals surface area (Å²) in [5.41, 5.74) is 0. The predicted molar refractivity (Wildman–Crippen MR) is 69.6 cm³/mol. The molecule has 9 heteroatoms. The van der Waals surface area contributed by atoms with Crippen LogP contribution in [0.2, 0.25) is 0 Å². The molecular formula is C4N4S4Sn. The summed E-state index contributed by atoms with van der Waals surface area (Å²) in [6.07, 6.45) is 0. The second-order valence-corrected chi connectivity index (χ2v) is 1.10. The van der Waals surface area contributed by atoms with E-state index in [4.69, 9.17) is 21.6 Å². The summed E-state index contributed by atoms with van der Waals surface area (Å²) in [4.78, 5) is 0. The molecule has 0 unspecified atom stereocenters. The van der Waals surface area contributed by atoms with Gasteiger partial charge in [-0.05, 0) is 0 Å². The van der Waals surface area contributed by atoms with Gasteiger partial charge < -0.3 is 21.6 Å². The van der Waals surface area contributed by atoms with Crippen LogP contribution < -0.4 is 0 Å². The summed E-state index contributed by atoms with van der Waals surface area (Å²) in [6.45, 7) is 0. The Bertz CT molecular complexity index is 156. The normalized spacial score (nSPS) is 2.46. The molecule has 0 rings (SSSR count). The third-order valence-corrected chi connectivity index (χ3v) is 0. The summed E-state index contributed by atoms with van der Waals surface area (Å²) in [5, 5.41) is 33.9. The van der Waals surface area contributed by atoms with Crippen molar-refractivity contribution in [2.24, 2.45) is 0 Å². The molecule has 0 radical (unpaired) electrons. The fourth-order valence-electron chi connectivity index (χ4n) is 0. The Hall–Kier alpha value is -0.00130. The molecule has 0 aromatic rings. The minimum Gasteiger partial charge on any atom is -0.753 e. The van der Waals surface area contributed by atoms with Crippen molar-refractivity contribution in [1.82, 2.24) is 0 Å². The second kappa shape index (κ2) is 90.8. The maximum Gasteiger partial charge on any atom is 4.00 e. The molecule has 0 saturated carbocycles. The van der Waals surface area contributed by atoms with Crippen LogP contribution in [0.25, 0.3) is 21.6 Å². The summed E-state index contributed by atoms with van der Waals surface area (Å²) >= 11 is 14.8. The van der Waals surface area contributed by atoms with Crippen molar-refractivity contribution in [3.63, 3.8) is 0 Å². The molecule has 4 nitrogen and oxygen atoms in total. The van der Waals surface area contributed by atoms with Gasteiger partial charge in [-0.3, -0.25) is 0 Å². The molecule has 0 aliphatic rings. The Morgan fingerprint density at radius 2 is 0.538 bits per heavy atom. The molecule has 0 bridgehead atoms. The second-order valence-electron chi connectivity index (χ2n) is 0.365. The molecule has 0 saturated heterocycles. The van der Waals surface area contributed by atoms with E-state index in [9.17, 15) is 0 Å². The summed E-state index contributed by atoms with van der Waals surface area (Å²) in [5.74, 6) is 0. The van der Waals surface area contributed by atoms with E-state index in [1.807, 2.05) is 0 Å². The average Bonchev–Trinajstić information content (AvgIpc) is 1.92. The van der Waals surface area contributed by atoms with Crippen molar-refractivity contribution in [2.45, 2.75) is 0 Å². The molecule has 0 N–H and O–H groups in total. The van der Waals surface area contributed by atoms with Gasteiger partial charge in [-0.1, -0.05) is 48.9 Å². The van der Waals surface area contributed by atoms with Gasteiger partial charge in [0.2, 0.25) is 0 Å². The fraction of sp³-hybridized carbons (Fsp3) is 0. The topological polar surface area (TPSA) is 89.2 Å². The van der Waals surface area contributed by atoms with Gasteiger partial charge >= 0.3 is 23.9 Å². The monoisotopic (exact) mass is 352 g/mol. The first kappa shape index (κ1) is 29.3. The van der Waals surface area contributed by atoms with E-state index in [1.165, 1.54) is 20.6 Å². The van der Waals surface area contributed by atoms with E-state index in [0.29, 0.717) is 0 Å². The van der Waals surface area contributed by atoms with Crippen molar-refractivity contribution in [2.75, 3.05) is 0 Å². The maximum atomic E-state index is 7.13. The largest absolute Gasteiger partial charge is 4.00 e. The smallest absolute Gasteiger partial charge is 0.753 e. The van der Waals surface area contributed by atoms with Crippen molar-refractivity contribution >= 4 is 93.4 Å². The van der Waals surface area contributed by atoms with Gasteiger partial charge in [0.05, 0.1) is 0 Å². The van der Waals surface area contributed by atoms with Crippen LogP contribution in [0, 0.1) is 0 Å². The maximum absolute atomic E-state index is 7.13. The third kappa shape index (κ3) is 711000000. The van der Waals surface area contributed by atoms with Crippen LogP contribution in [0.5, 0.6) is 0 Å². The predicted octanol–water partition coefficient (Wildman–Crippen LogP) is 2.25. The molecule has 0 aliphatic heterocycles. The Kier molecular flexibility index (Phi) is 204. The van der Waals surface area contributed by atoms with Crippen LogP contribution in [0.3, 0.4) is 0 Å². The molecule has 64 valence electrons. The van der Waals surface area contributed by atoms with E-state index in [0.717, 1.165) is 0 Å². The Morgan fingerprint density at radius 3 is 0.538 bits per heavy atom. The van der Waals surface area contributed by atoms with Crippen LogP contribution in [-0.4, -0.2) is 44.6 Å². The van der Waals surface area contributed by atoms with Crippen LogP contribution in [-0.2, 0) is 0 Å². The van der Waals surface area contributed by atoms with Crippen molar-refractivity contribution < 1.29 is 0 Å². The number of nitrogens with zero attached hydrogens (tertiary/aromatic N) is 4. The molecule has 0 spiro atoms. The summed E-state index contributed by atoms with van der Waals surface area (Å²) in [7, 11) is 0. The van der Waals surface area contributed by atoms with E-state index < -0.39 is 0 Å². The number of hydrogen-bond donors (Lipinski definition) is 0. The van der Waals surface area contributed by atoms with Gasteiger partial charge in [-0.15, -0.1) is 0 Å². The van der Waals surface area contributed by atoms with Gasteiger partial charge in [0.15, 0.2) is 0 Å². The van der Waals surface area contributed by atoms with Gasteiger partial charge in [-0.25, -0.2) is 0 Å². The first-order valence-corrected chi connectivity index (χ1v) is 3.34. The number of rotatable bonds is 0. The molecule has 0 atom stereocenters. The zero-order valence-corrected chi connectivity index (χ0v) is 12.0. The molecule has 0 fully saturated rings. The molecule has 0 aromatic carbocycles. The average molecular weight is 351 g/mol. The first-order valence-electron chi connectivity index (χ1n) is 1.71. The number of thiocarbonyl (C=S) groups is 4. The summed E-state index contributed by atoms with van der Waals surface area (Å²) in [6, 6.07) is 0. The minimum atomic E-state index is 0. The van der Waals surface area contributed by atoms with E-state index >= 15 is 0 Å². The van der Waals surface area contributed by atoms with E-state index in [-0.39, 0.29) is 23.9 Å². The van der Waals surface area contributed by atoms with Crippen LogP contribution in [0.4, 0.5) is 0 Å². The minimum absolute atomic E-state index is 0. The van der Waals surface area contributed by atoms with E-state index in [1.54, 1.807) is 0 Å². The van der Waals surface area contributed by atoms with Gasteiger partial charge in [0.25, 0.3) is 0 Å². The SMILES string of the molecule is [N-]=C=S.[N-]=C=S.[N-]=C=S.[N-]=C=S.[Sn+4]. The molecule has 0 heterocycles. The zero-order valence-electron chi connectivity index (χ0n) is 5.92. The summed E-state index contributed by atoms with van der Waals surface area (Å²) < 4.78 is 0. The zero-order chi connectivity index (χ0) is 10.8. The van der Waals surface area contributed by atoms with Crippen molar-refractivity contribution in [3.8, 4) is 0 Å². The van der Waals surface area contributed by atoms with Crippen LogP contribution in [0.1, 0.15) is 0 Å². The van der Waals surface area contributed by atoms with Gasteiger partial charge in [-0.2, -0.15) is 20.6 Å². The fourth-order valence-corrected chi connectivity index (χ4v) is 0. The Morgan fingerprint density at radius 1 is 0.538 bits per heavy atom. The van der Waals surface area contributed by atoms with Gasteiger partial charge in [0, 0.05) is 0 Å². The van der Waals surface area contributed by atoms with Crippen molar-refractivity contribution in [1.29, 1.82) is 0 Å².